The predicted molar refractivity (Wildman–Crippen MR) is 123 cm³/mol. The van der Waals surface area contributed by atoms with Crippen LogP contribution in [0, 0.1) is 11.8 Å². The van der Waals surface area contributed by atoms with Crippen molar-refractivity contribution in [2.75, 3.05) is 6.61 Å². The first-order valence-corrected chi connectivity index (χ1v) is 13.1. The average Bonchev–Trinajstić information content (AvgIpc) is 2.84. The van der Waals surface area contributed by atoms with E-state index in [-0.39, 0.29) is 37.2 Å². The highest BCUT2D eigenvalue weighted by molar-refractivity contribution is 5.90. The fourth-order valence-corrected chi connectivity index (χ4v) is 6.30. The smallest absolute Gasteiger partial charge is 0.317 e. The minimum atomic E-state index is -1.75. The molecule has 218 valence electrons. The first-order chi connectivity index (χ1) is 18.0. The summed E-state index contributed by atoms with van der Waals surface area (Å²) in [6.07, 6.45) is -12.1. The maximum absolute atomic E-state index is 12.0. The zero-order valence-corrected chi connectivity index (χ0v) is 20.8. The van der Waals surface area contributed by atoms with Crippen molar-refractivity contribution >= 4 is 11.9 Å². The highest BCUT2D eigenvalue weighted by Crippen LogP contribution is 2.42. The molecule has 9 unspecified atom stereocenters. The summed E-state index contributed by atoms with van der Waals surface area (Å²) in [5, 5.41) is 81.1. The Labute approximate surface area is 218 Å². The Morgan fingerprint density at radius 3 is 2.29 bits per heavy atom. The van der Waals surface area contributed by atoms with Crippen LogP contribution in [0.2, 0.25) is 0 Å². The molecule has 2 saturated carbocycles. The topological polar surface area (TPSA) is 236 Å². The number of fused-ring (bicyclic) bond motifs is 1. The van der Waals surface area contributed by atoms with Gasteiger partial charge in [0.25, 0.3) is 0 Å². The molecule has 2 aliphatic heterocycles. The summed E-state index contributed by atoms with van der Waals surface area (Å²) in [5.74, 6) is -3.25. The summed E-state index contributed by atoms with van der Waals surface area (Å²) in [6.45, 7) is -0.715. The number of aliphatic carboxylic acids is 1. The van der Waals surface area contributed by atoms with Crippen LogP contribution in [0.4, 0.5) is 0 Å². The number of hydrogen-bond donors (Lipinski definition) is 8. The number of aliphatic hydroxyl groups is 9. The van der Waals surface area contributed by atoms with Crippen LogP contribution in [0.1, 0.15) is 44.9 Å². The fraction of sp³-hybridized carbons (Fsp3) is 0.917. The van der Waals surface area contributed by atoms with Gasteiger partial charge in [0.2, 0.25) is 0 Å². The van der Waals surface area contributed by atoms with Gasteiger partial charge in [0.15, 0.2) is 24.6 Å². The number of ether oxygens (including phenoxy) is 4. The molecule has 0 bridgehead atoms. The van der Waals surface area contributed by atoms with Crippen LogP contribution in [0.25, 0.3) is 0 Å². The zero-order valence-electron chi connectivity index (χ0n) is 20.8. The third kappa shape index (κ3) is 6.46. The Hall–Kier alpha value is -1.46. The molecule has 0 spiro atoms. The lowest BCUT2D eigenvalue weighted by Gasteiger charge is -2.48. The Balaban J connectivity index is 1.54. The molecule has 2 heterocycles. The maximum Gasteiger partial charge on any atom is 0.317 e. The number of carbonyl (C=O) groups is 2. The maximum atomic E-state index is 12.0. The van der Waals surface area contributed by atoms with Crippen molar-refractivity contribution < 1.29 is 69.4 Å². The second kappa shape index (κ2) is 12.4. The lowest BCUT2D eigenvalue weighted by atomic mass is 9.72. The molecule has 14 nitrogen and oxygen atoms in total. The number of carboxylic acids is 1. The van der Waals surface area contributed by atoms with E-state index in [9.17, 15) is 45.3 Å². The molecule has 14 atom stereocenters. The van der Waals surface area contributed by atoms with Crippen LogP contribution >= 0.6 is 0 Å². The van der Waals surface area contributed by atoms with Crippen molar-refractivity contribution in [3.8, 4) is 0 Å². The quantitative estimate of drug-likeness (QED) is 0.0873. The van der Waals surface area contributed by atoms with Crippen molar-refractivity contribution in [2.24, 2.45) is 11.8 Å². The molecule has 2 aliphatic carbocycles. The molecule has 9 N–H and O–H groups in total. The molecule has 0 amide bonds. The molecule has 2 saturated heterocycles. The first-order valence-electron chi connectivity index (χ1n) is 13.1. The van der Waals surface area contributed by atoms with Gasteiger partial charge in [0.05, 0.1) is 36.9 Å². The second-order valence-electron chi connectivity index (χ2n) is 10.9. The number of esters is 1. The van der Waals surface area contributed by atoms with Gasteiger partial charge in [-0.2, -0.15) is 0 Å². The van der Waals surface area contributed by atoms with Crippen molar-refractivity contribution in [1.29, 1.82) is 0 Å². The number of carboxylic acid groups (broad SMARTS) is 1. The van der Waals surface area contributed by atoms with E-state index in [0.717, 1.165) is 0 Å². The minimum absolute atomic E-state index is 0.172. The standard InChI is InChI=1S/C24H38O14/c25-8-17-20(33)23(38-19(32)7-18(30)31)21(34)24(37-17)36-16-6-11-13(28)4-10(26)5-15(11)35-22(16)9-1-2-12(27)14(29)3-9/h9-17,20-29,33-34H,1-8H2,(H,30,31)/p+1/t9?,10?,11?,12?,13?,14?,15?,16?,17-,20-,21-,22?,23+,24-/m1/s1. The fourth-order valence-electron chi connectivity index (χ4n) is 6.30. The largest absolute Gasteiger partial charge is 0.481 e. The Morgan fingerprint density at radius 2 is 1.63 bits per heavy atom. The highest BCUT2D eigenvalue weighted by Gasteiger charge is 2.55. The van der Waals surface area contributed by atoms with Crippen LogP contribution in [0.15, 0.2) is 0 Å². The van der Waals surface area contributed by atoms with E-state index >= 15 is 0 Å². The third-order valence-corrected chi connectivity index (χ3v) is 8.26. The van der Waals surface area contributed by atoms with Crippen molar-refractivity contribution in [2.45, 2.75) is 118 Å². The summed E-state index contributed by atoms with van der Waals surface area (Å²) in [5.41, 5.74) is 0. The number of carbonyl (C=O) groups excluding carboxylic acids is 1. The van der Waals surface area contributed by atoms with Gasteiger partial charge in [-0.05, 0) is 25.7 Å². The monoisotopic (exact) mass is 551 g/mol. The molecular weight excluding hydrogens is 512 g/mol. The molecule has 4 rings (SSSR count). The number of aliphatic hydroxyl groups excluding tert-OH is 7. The van der Waals surface area contributed by atoms with Gasteiger partial charge >= 0.3 is 11.9 Å². The molecule has 0 aromatic carbocycles. The van der Waals surface area contributed by atoms with Crippen LogP contribution in [-0.2, 0) is 23.8 Å². The van der Waals surface area contributed by atoms with E-state index in [1.165, 1.54) is 0 Å². The summed E-state index contributed by atoms with van der Waals surface area (Å²) in [7, 11) is 0. The van der Waals surface area contributed by atoms with Gasteiger partial charge in [-0.1, -0.05) is 0 Å². The Kier molecular flexibility index (Phi) is 9.61. The van der Waals surface area contributed by atoms with Gasteiger partial charge in [-0.3, -0.25) is 9.59 Å². The van der Waals surface area contributed by atoms with Crippen LogP contribution in [0.5, 0.6) is 0 Å². The van der Waals surface area contributed by atoms with Gasteiger partial charge in [-0.25, -0.2) is 0 Å². The molecule has 0 radical (unpaired) electrons. The van der Waals surface area contributed by atoms with E-state index < -0.39 is 92.3 Å². The second-order valence-corrected chi connectivity index (χ2v) is 10.9. The van der Waals surface area contributed by atoms with Gasteiger partial charge in [0, 0.05) is 18.8 Å². The molecule has 4 fully saturated rings. The third-order valence-electron chi connectivity index (χ3n) is 8.26. The summed E-state index contributed by atoms with van der Waals surface area (Å²) in [6, 6.07) is 0. The minimum Gasteiger partial charge on any atom is -0.481 e. The SMILES string of the molecule is O=C(O)CC(=O)O[C@@H]1[C@@H](O)[C@H](OC2CC3C(O)CC(O)CC3[OH+]C2C2CCC(O)C(O)C2)O[C@H](CO)[C@H]1O. The predicted octanol–water partition coefficient (Wildman–Crippen LogP) is -3.48. The van der Waals surface area contributed by atoms with Crippen LogP contribution < -0.4 is 0 Å². The van der Waals surface area contributed by atoms with Crippen molar-refractivity contribution in [3.05, 3.63) is 0 Å². The first kappa shape index (κ1) is 29.5. The summed E-state index contributed by atoms with van der Waals surface area (Å²) < 4.78 is 21.7. The van der Waals surface area contributed by atoms with E-state index in [0.29, 0.717) is 19.3 Å². The number of hydrogen-bond acceptors (Lipinski definition) is 12. The Morgan fingerprint density at radius 1 is 0.895 bits per heavy atom. The van der Waals surface area contributed by atoms with E-state index in [1.807, 2.05) is 0 Å². The molecule has 0 aromatic heterocycles. The van der Waals surface area contributed by atoms with Crippen molar-refractivity contribution in [3.63, 3.8) is 0 Å². The normalized spacial score (nSPS) is 47.7. The van der Waals surface area contributed by atoms with E-state index in [1.54, 1.807) is 0 Å². The lowest BCUT2D eigenvalue weighted by molar-refractivity contribution is -0.356. The van der Waals surface area contributed by atoms with Gasteiger partial charge in [0.1, 0.15) is 30.8 Å². The van der Waals surface area contributed by atoms with Gasteiger partial charge in [-0.15, -0.1) is 0 Å². The molecule has 38 heavy (non-hydrogen) atoms. The molecule has 14 heteroatoms. The number of rotatable bonds is 7. The highest BCUT2D eigenvalue weighted by atomic mass is 16.7. The Bertz CT molecular complexity index is 826. The van der Waals surface area contributed by atoms with Crippen molar-refractivity contribution in [1.82, 2.24) is 0 Å². The summed E-state index contributed by atoms with van der Waals surface area (Å²) in [4.78, 5) is 22.8. The molecular formula is C24H39O14+. The molecule has 4 aliphatic rings. The zero-order chi connectivity index (χ0) is 27.7. The molecule has 0 aromatic rings. The van der Waals surface area contributed by atoms with Crippen LogP contribution in [0.3, 0.4) is 0 Å². The average molecular weight is 552 g/mol. The lowest BCUT2D eigenvalue weighted by Crippen LogP contribution is -2.63. The van der Waals surface area contributed by atoms with E-state index in [2.05, 4.69) is 0 Å². The van der Waals surface area contributed by atoms with Gasteiger partial charge < -0.3 is 59.8 Å². The van der Waals surface area contributed by atoms with Crippen LogP contribution in [-0.4, -0.2) is 138 Å². The summed E-state index contributed by atoms with van der Waals surface area (Å²) >= 11 is 0. The van der Waals surface area contributed by atoms with E-state index in [4.69, 9.17) is 24.1 Å².